The molecule has 0 aliphatic heterocycles. The van der Waals surface area contributed by atoms with Gasteiger partial charge in [-0.2, -0.15) is 5.10 Å². The molecule has 84 valence electrons. The predicted molar refractivity (Wildman–Crippen MR) is 66.0 cm³/mol. The van der Waals surface area contributed by atoms with Gasteiger partial charge in [-0.1, -0.05) is 12.1 Å². The van der Waals surface area contributed by atoms with Crippen molar-refractivity contribution >= 4 is 0 Å². The molecule has 0 radical (unpaired) electrons. The molecule has 0 atom stereocenters. The summed E-state index contributed by atoms with van der Waals surface area (Å²) in [4.78, 5) is 0. The summed E-state index contributed by atoms with van der Waals surface area (Å²) in [5, 5.41) is 4.43. The largest absolute Gasteiger partial charge is 0.464 e. The van der Waals surface area contributed by atoms with Gasteiger partial charge in [0.25, 0.3) is 0 Å². The molecule has 0 saturated heterocycles. The highest BCUT2D eigenvalue weighted by atomic mass is 16.3. The summed E-state index contributed by atoms with van der Waals surface area (Å²) in [6, 6.07) is 13.9. The van der Waals surface area contributed by atoms with Crippen LogP contribution < -0.4 is 0 Å². The zero-order valence-corrected chi connectivity index (χ0v) is 9.50. The minimum Gasteiger partial charge on any atom is -0.464 e. The van der Waals surface area contributed by atoms with Crippen molar-refractivity contribution < 1.29 is 4.42 Å². The van der Waals surface area contributed by atoms with E-state index < -0.39 is 0 Å². The molecule has 3 heteroatoms. The Morgan fingerprint density at radius 1 is 1.06 bits per heavy atom. The molecule has 1 aromatic carbocycles. The summed E-state index contributed by atoms with van der Waals surface area (Å²) < 4.78 is 7.32. The smallest absolute Gasteiger partial charge is 0.136 e. The van der Waals surface area contributed by atoms with Crippen LogP contribution in [0.2, 0.25) is 0 Å². The van der Waals surface area contributed by atoms with Gasteiger partial charge in [0.05, 0.1) is 17.6 Å². The summed E-state index contributed by atoms with van der Waals surface area (Å²) in [7, 11) is 0. The van der Waals surface area contributed by atoms with Crippen LogP contribution in [-0.4, -0.2) is 9.78 Å². The van der Waals surface area contributed by atoms with Crippen LogP contribution in [0.1, 0.15) is 5.69 Å². The average Bonchev–Trinajstić information content (AvgIpc) is 3.00. The van der Waals surface area contributed by atoms with Crippen molar-refractivity contribution in [2.45, 2.75) is 6.92 Å². The van der Waals surface area contributed by atoms with Gasteiger partial charge < -0.3 is 4.42 Å². The van der Waals surface area contributed by atoms with Gasteiger partial charge in [-0.25, -0.2) is 4.68 Å². The van der Waals surface area contributed by atoms with Crippen LogP contribution in [0.3, 0.4) is 0 Å². The maximum atomic E-state index is 5.45. The first-order chi connectivity index (χ1) is 8.34. The maximum absolute atomic E-state index is 5.45. The normalized spacial score (nSPS) is 10.6. The van der Waals surface area contributed by atoms with E-state index in [0.717, 1.165) is 22.7 Å². The molecule has 17 heavy (non-hydrogen) atoms. The number of hydrogen-bond donors (Lipinski definition) is 0. The zero-order chi connectivity index (χ0) is 11.7. The van der Waals surface area contributed by atoms with Crippen LogP contribution in [0.15, 0.2) is 59.3 Å². The zero-order valence-electron chi connectivity index (χ0n) is 9.50. The highest BCUT2D eigenvalue weighted by molar-refractivity contribution is 5.68. The molecule has 0 aliphatic carbocycles. The third kappa shape index (κ3) is 1.76. The molecule has 3 nitrogen and oxygen atoms in total. The fraction of sp³-hybridized carbons (Fsp3) is 0.0714. The minimum atomic E-state index is 0.855. The molecule has 0 amide bonds. The van der Waals surface area contributed by atoms with Crippen LogP contribution in [-0.2, 0) is 0 Å². The van der Waals surface area contributed by atoms with E-state index in [-0.39, 0.29) is 0 Å². The predicted octanol–water partition coefficient (Wildman–Crippen LogP) is 3.44. The number of benzene rings is 1. The average molecular weight is 224 g/mol. The van der Waals surface area contributed by atoms with Crippen molar-refractivity contribution in [2.75, 3.05) is 0 Å². The molecule has 2 heterocycles. The minimum absolute atomic E-state index is 0.855. The van der Waals surface area contributed by atoms with Crippen molar-refractivity contribution in [1.82, 2.24) is 9.78 Å². The number of aromatic nitrogens is 2. The molecular formula is C14H12N2O. The van der Waals surface area contributed by atoms with Crippen LogP contribution >= 0.6 is 0 Å². The Hall–Kier alpha value is -2.29. The quantitative estimate of drug-likeness (QED) is 0.667. The van der Waals surface area contributed by atoms with E-state index in [1.165, 1.54) is 0 Å². The fourth-order valence-electron chi connectivity index (χ4n) is 1.86. The van der Waals surface area contributed by atoms with Gasteiger partial charge in [-0.3, -0.25) is 0 Å². The summed E-state index contributed by atoms with van der Waals surface area (Å²) in [5.74, 6) is 0.855. The molecule has 0 unspecified atom stereocenters. The van der Waals surface area contributed by atoms with Crippen molar-refractivity contribution in [1.29, 1.82) is 0 Å². The number of furan rings is 1. The van der Waals surface area contributed by atoms with Crippen molar-refractivity contribution in [3.05, 3.63) is 60.6 Å². The first-order valence-corrected chi connectivity index (χ1v) is 5.50. The topological polar surface area (TPSA) is 31.0 Å². The standard InChI is InChI=1S/C14H12N2O/c1-11-8-9-16(15-11)13-6-3-2-5-12(13)14-7-4-10-17-14/h2-10H,1H3. The lowest BCUT2D eigenvalue weighted by atomic mass is 10.1. The van der Waals surface area contributed by atoms with Gasteiger partial charge in [0.2, 0.25) is 0 Å². The van der Waals surface area contributed by atoms with Crippen molar-refractivity contribution in [3.8, 4) is 17.0 Å². The van der Waals surface area contributed by atoms with Crippen LogP contribution in [0, 0.1) is 6.92 Å². The number of para-hydroxylation sites is 1. The van der Waals surface area contributed by atoms with E-state index >= 15 is 0 Å². The molecule has 0 fully saturated rings. The van der Waals surface area contributed by atoms with Gasteiger partial charge in [0.1, 0.15) is 5.76 Å². The van der Waals surface area contributed by atoms with E-state index in [9.17, 15) is 0 Å². The van der Waals surface area contributed by atoms with Gasteiger partial charge in [0.15, 0.2) is 0 Å². The highest BCUT2D eigenvalue weighted by Gasteiger charge is 2.08. The molecule has 2 aromatic heterocycles. The lowest BCUT2D eigenvalue weighted by Gasteiger charge is -2.06. The third-order valence-electron chi connectivity index (χ3n) is 2.66. The molecule has 0 bridgehead atoms. The summed E-state index contributed by atoms with van der Waals surface area (Å²) >= 11 is 0. The van der Waals surface area contributed by atoms with Gasteiger partial charge in [0, 0.05) is 11.8 Å². The molecule has 3 rings (SSSR count). The van der Waals surface area contributed by atoms with Gasteiger partial charge in [-0.05, 0) is 37.3 Å². The Kier molecular flexibility index (Phi) is 2.29. The monoisotopic (exact) mass is 224 g/mol. The van der Waals surface area contributed by atoms with E-state index in [0.29, 0.717) is 0 Å². The van der Waals surface area contributed by atoms with Crippen LogP contribution in [0.25, 0.3) is 17.0 Å². The molecule has 3 aromatic rings. The molecular weight excluding hydrogens is 212 g/mol. The Morgan fingerprint density at radius 2 is 1.94 bits per heavy atom. The Bertz CT molecular complexity index is 623. The summed E-state index contributed by atoms with van der Waals surface area (Å²) in [5.41, 5.74) is 3.07. The second kappa shape index (κ2) is 3.94. The Balaban J connectivity index is 2.17. The van der Waals surface area contributed by atoms with E-state index in [1.807, 2.05) is 60.3 Å². The summed E-state index contributed by atoms with van der Waals surface area (Å²) in [6.45, 7) is 1.98. The SMILES string of the molecule is Cc1ccn(-c2ccccc2-c2ccco2)n1. The number of nitrogens with zero attached hydrogens (tertiary/aromatic N) is 2. The van der Waals surface area contributed by atoms with Crippen molar-refractivity contribution in [3.63, 3.8) is 0 Å². The third-order valence-corrected chi connectivity index (χ3v) is 2.66. The van der Waals surface area contributed by atoms with Gasteiger partial charge in [-0.15, -0.1) is 0 Å². The second-order valence-corrected chi connectivity index (χ2v) is 3.90. The van der Waals surface area contributed by atoms with Crippen LogP contribution in [0.5, 0.6) is 0 Å². The second-order valence-electron chi connectivity index (χ2n) is 3.90. The lowest BCUT2D eigenvalue weighted by Crippen LogP contribution is -1.97. The Morgan fingerprint density at radius 3 is 2.65 bits per heavy atom. The van der Waals surface area contributed by atoms with E-state index in [4.69, 9.17) is 4.42 Å². The number of rotatable bonds is 2. The van der Waals surface area contributed by atoms with E-state index in [2.05, 4.69) is 5.10 Å². The summed E-state index contributed by atoms with van der Waals surface area (Å²) in [6.07, 6.45) is 3.64. The van der Waals surface area contributed by atoms with Gasteiger partial charge >= 0.3 is 0 Å². The van der Waals surface area contributed by atoms with Crippen molar-refractivity contribution in [2.24, 2.45) is 0 Å². The first-order valence-electron chi connectivity index (χ1n) is 5.50. The number of hydrogen-bond acceptors (Lipinski definition) is 2. The number of aryl methyl sites for hydroxylation is 1. The molecule has 0 aliphatic rings. The fourth-order valence-corrected chi connectivity index (χ4v) is 1.86. The molecule has 0 saturated carbocycles. The lowest BCUT2D eigenvalue weighted by molar-refractivity contribution is 0.581. The maximum Gasteiger partial charge on any atom is 0.136 e. The Labute approximate surface area is 99.3 Å². The van der Waals surface area contributed by atoms with E-state index in [1.54, 1.807) is 6.26 Å². The molecule has 0 spiro atoms. The highest BCUT2D eigenvalue weighted by Crippen LogP contribution is 2.26. The first kappa shape index (κ1) is 9.90. The van der Waals surface area contributed by atoms with Crippen LogP contribution in [0.4, 0.5) is 0 Å². The molecule has 0 N–H and O–H groups in total.